The molecular weight excluding hydrogens is 496 g/mol. The van der Waals surface area contributed by atoms with E-state index in [0.717, 1.165) is 33.5 Å². The summed E-state index contributed by atoms with van der Waals surface area (Å²) in [4.78, 5) is 19.0. The van der Waals surface area contributed by atoms with Crippen molar-refractivity contribution in [2.45, 2.75) is 39.5 Å². The van der Waals surface area contributed by atoms with Gasteiger partial charge in [0, 0.05) is 19.2 Å². The van der Waals surface area contributed by atoms with Gasteiger partial charge in [-0.25, -0.2) is 4.68 Å². The molecule has 1 N–H and O–H groups in total. The van der Waals surface area contributed by atoms with Crippen molar-refractivity contribution < 1.29 is 13.9 Å². The van der Waals surface area contributed by atoms with Crippen LogP contribution >= 0.6 is 0 Å². The van der Waals surface area contributed by atoms with Gasteiger partial charge in [0.15, 0.2) is 5.82 Å². The minimum absolute atomic E-state index is 0.195. The third-order valence-electron chi connectivity index (χ3n) is 6.65. The van der Waals surface area contributed by atoms with Gasteiger partial charge in [-0.3, -0.25) is 9.69 Å². The third-order valence-corrected chi connectivity index (χ3v) is 6.65. The molecule has 0 saturated carbocycles. The van der Waals surface area contributed by atoms with Crippen LogP contribution in [0.4, 0.5) is 0 Å². The van der Waals surface area contributed by atoms with Crippen molar-refractivity contribution in [3.8, 4) is 5.75 Å². The maximum Gasteiger partial charge on any atom is 0.253 e. The normalized spacial score (nSPS) is 12.3. The second kappa shape index (κ2) is 12.1. The molecule has 202 valence electrons. The van der Waals surface area contributed by atoms with Crippen LogP contribution in [-0.4, -0.2) is 50.4 Å². The monoisotopic (exact) mass is 528 g/mol. The number of pyridine rings is 1. The van der Waals surface area contributed by atoms with E-state index in [2.05, 4.69) is 25.4 Å². The Morgan fingerprint density at radius 2 is 1.95 bits per heavy atom. The van der Waals surface area contributed by atoms with Crippen molar-refractivity contribution in [3.63, 3.8) is 0 Å². The number of ether oxygens (including phenoxy) is 2. The van der Waals surface area contributed by atoms with Crippen LogP contribution in [0.5, 0.6) is 5.75 Å². The maximum atomic E-state index is 13.7. The highest BCUT2D eigenvalue weighted by Gasteiger charge is 2.31. The van der Waals surface area contributed by atoms with E-state index in [1.807, 2.05) is 74.5 Å². The molecule has 3 aromatic heterocycles. The van der Waals surface area contributed by atoms with Crippen molar-refractivity contribution in [1.82, 2.24) is 30.1 Å². The fourth-order valence-electron chi connectivity index (χ4n) is 4.78. The Hall–Kier alpha value is -4.28. The Morgan fingerprint density at radius 1 is 1.10 bits per heavy atom. The van der Waals surface area contributed by atoms with E-state index in [9.17, 15) is 4.79 Å². The second-order valence-electron chi connectivity index (χ2n) is 9.31. The molecule has 5 rings (SSSR count). The molecule has 0 spiro atoms. The van der Waals surface area contributed by atoms with E-state index in [-0.39, 0.29) is 5.56 Å². The fourth-order valence-corrected chi connectivity index (χ4v) is 4.78. The Kier molecular flexibility index (Phi) is 8.14. The molecule has 0 aliphatic rings. The largest absolute Gasteiger partial charge is 0.494 e. The Morgan fingerprint density at radius 3 is 2.69 bits per heavy atom. The standard InChI is InChI=1S/C29H32N6O4/c1-4-38-23-12-10-21(11-13-23)18-34(19-24-9-6-15-39-24)27(28-31-32-33-35(28)14-16-37-3)25-17-22-8-5-7-20(2)26(22)30-29(25)36/h5-13,15,17,27H,4,14,16,18-19H2,1-3H3,(H,30,36)/t27-/m1/s1. The molecule has 0 saturated heterocycles. The molecule has 0 unspecified atom stereocenters. The number of rotatable bonds is 12. The van der Waals surface area contributed by atoms with E-state index in [0.29, 0.717) is 44.2 Å². The number of aromatic amines is 1. The molecule has 0 aliphatic heterocycles. The molecular formula is C29H32N6O4. The first-order valence-corrected chi connectivity index (χ1v) is 12.9. The molecule has 10 nitrogen and oxygen atoms in total. The zero-order valence-corrected chi connectivity index (χ0v) is 22.3. The summed E-state index contributed by atoms with van der Waals surface area (Å²) >= 11 is 0. The number of hydrogen-bond acceptors (Lipinski definition) is 8. The van der Waals surface area contributed by atoms with Crippen LogP contribution < -0.4 is 10.3 Å². The lowest BCUT2D eigenvalue weighted by atomic mass is 10.0. The van der Waals surface area contributed by atoms with Gasteiger partial charge in [0.05, 0.1) is 38.1 Å². The predicted octanol–water partition coefficient (Wildman–Crippen LogP) is 4.25. The van der Waals surface area contributed by atoms with Gasteiger partial charge in [0.1, 0.15) is 17.6 Å². The van der Waals surface area contributed by atoms with E-state index >= 15 is 0 Å². The number of nitrogens with one attached hydrogen (secondary N) is 1. The van der Waals surface area contributed by atoms with Crippen LogP contribution in [0.25, 0.3) is 10.9 Å². The first-order valence-electron chi connectivity index (χ1n) is 12.9. The van der Waals surface area contributed by atoms with Crippen molar-refractivity contribution in [3.05, 3.63) is 106 Å². The minimum atomic E-state index is -0.581. The quantitative estimate of drug-likeness (QED) is 0.256. The summed E-state index contributed by atoms with van der Waals surface area (Å²) < 4.78 is 18.4. The van der Waals surface area contributed by atoms with Crippen LogP contribution in [0, 0.1) is 6.92 Å². The number of tetrazole rings is 1. The van der Waals surface area contributed by atoms with Gasteiger partial charge in [0.2, 0.25) is 0 Å². The fraction of sp³-hybridized carbons (Fsp3) is 0.310. The molecule has 0 amide bonds. The first kappa shape index (κ1) is 26.3. The summed E-state index contributed by atoms with van der Waals surface area (Å²) in [5, 5.41) is 13.5. The van der Waals surface area contributed by atoms with Gasteiger partial charge in [-0.2, -0.15) is 0 Å². The summed E-state index contributed by atoms with van der Waals surface area (Å²) in [5.41, 5.74) is 3.20. The zero-order valence-electron chi connectivity index (χ0n) is 22.3. The Balaban J connectivity index is 1.65. The Bertz CT molecular complexity index is 1560. The molecule has 0 bridgehead atoms. The minimum Gasteiger partial charge on any atom is -0.494 e. The van der Waals surface area contributed by atoms with Crippen LogP contribution in [0.1, 0.15) is 41.2 Å². The maximum absolute atomic E-state index is 13.7. The molecule has 5 aromatic rings. The van der Waals surface area contributed by atoms with Crippen molar-refractivity contribution in [1.29, 1.82) is 0 Å². The number of benzene rings is 2. The summed E-state index contributed by atoms with van der Waals surface area (Å²) in [6.45, 7) is 6.33. The summed E-state index contributed by atoms with van der Waals surface area (Å²) in [7, 11) is 1.63. The van der Waals surface area contributed by atoms with E-state index in [4.69, 9.17) is 13.9 Å². The van der Waals surface area contributed by atoms with Gasteiger partial charge in [0.25, 0.3) is 5.56 Å². The van der Waals surface area contributed by atoms with Gasteiger partial charge in [-0.1, -0.05) is 30.3 Å². The number of aromatic nitrogens is 5. The third kappa shape index (κ3) is 5.92. The van der Waals surface area contributed by atoms with Crippen LogP contribution in [0.2, 0.25) is 0 Å². The number of hydrogen-bond donors (Lipinski definition) is 1. The van der Waals surface area contributed by atoms with Crippen molar-refractivity contribution >= 4 is 10.9 Å². The lowest BCUT2D eigenvalue weighted by molar-refractivity contribution is 0.163. The summed E-state index contributed by atoms with van der Waals surface area (Å²) in [6, 6.07) is 19.1. The highest BCUT2D eigenvalue weighted by atomic mass is 16.5. The highest BCUT2D eigenvalue weighted by molar-refractivity contribution is 5.82. The van der Waals surface area contributed by atoms with E-state index in [1.54, 1.807) is 18.1 Å². The smallest absolute Gasteiger partial charge is 0.253 e. The van der Waals surface area contributed by atoms with E-state index in [1.165, 1.54) is 0 Å². The zero-order chi connectivity index (χ0) is 27.2. The molecule has 0 radical (unpaired) electrons. The molecule has 39 heavy (non-hydrogen) atoms. The molecule has 10 heteroatoms. The van der Waals surface area contributed by atoms with Crippen LogP contribution in [-0.2, 0) is 24.4 Å². The number of fused-ring (bicyclic) bond motifs is 1. The SMILES string of the molecule is CCOc1ccc(CN(Cc2ccco2)[C@H](c2cc3cccc(C)c3[nH]c2=O)c2nnnn2CCOC)cc1. The topological polar surface area (TPSA) is 111 Å². The number of aryl methyl sites for hydroxylation is 1. The summed E-state index contributed by atoms with van der Waals surface area (Å²) in [5.74, 6) is 2.11. The van der Waals surface area contributed by atoms with E-state index < -0.39 is 6.04 Å². The number of methoxy groups -OCH3 is 1. The van der Waals surface area contributed by atoms with Crippen LogP contribution in [0.3, 0.4) is 0 Å². The molecule has 0 fully saturated rings. The number of H-pyrrole nitrogens is 1. The summed E-state index contributed by atoms with van der Waals surface area (Å²) in [6.07, 6.45) is 1.65. The lowest BCUT2D eigenvalue weighted by Gasteiger charge is -2.30. The average Bonchev–Trinajstić information content (AvgIpc) is 3.62. The molecule has 0 aliphatic carbocycles. The molecule has 2 aromatic carbocycles. The Labute approximate surface area is 226 Å². The van der Waals surface area contributed by atoms with Gasteiger partial charge < -0.3 is 18.9 Å². The van der Waals surface area contributed by atoms with Gasteiger partial charge >= 0.3 is 0 Å². The highest BCUT2D eigenvalue weighted by Crippen LogP contribution is 2.31. The van der Waals surface area contributed by atoms with Gasteiger partial charge in [-0.05, 0) is 71.1 Å². The second-order valence-corrected chi connectivity index (χ2v) is 9.31. The van der Waals surface area contributed by atoms with Crippen molar-refractivity contribution in [2.24, 2.45) is 0 Å². The number of para-hydroxylation sites is 1. The van der Waals surface area contributed by atoms with Gasteiger partial charge in [-0.15, -0.1) is 5.10 Å². The van der Waals surface area contributed by atoms with Crippen molar-refractivity contribution in [2.75, 3.05) is 20.3 Å². The lowest BCUT2D eigenvalue weighted by Crippen LogP contribution is -2.35. The number of furan rings is 1. The first-order chi connectivity index (χ1) is 19.1. The predicted molar refractivity (Wildman–Crippen MR) is 146 cm³/mol. The molecule has 3 heterocycles. The van der Waals surface area contributed by atoms with Crippen LogP contribution in [0.15, 0.2) is 76.1 Å². The average molecular weight is 529 g/mol. The number of nitrogens with zero attached hydrogens (tertiary/aromatic N) is 5. The molecule has 1 atom stereocenters.